The summed E-state index contributed by atoms with van der Waals surface area (Å²) in [6.45, 7) is 5.37. The molecule has 0 aliphatic rings. The second-order valence-corrected chi connectivity index (χ2v) is 5.62. The zero-order valence-corrected chi connectivity index (χ0v) is 13.3. The minimum atomic E-state index is 0.540. The number of para-hydroxylation sites is 1. The largest absolute Gasteiger partial charge is 0.396 e. The topological polar surface area (TPSA) is 69.0 Å². The summed E-state index contributed by atoms with van der Waals surface area (Å²) in [6, 6.07) is 16.5. The summed E-state index contributed by atoms with van der Waals surface area (Å²) >= 11 is 0. The first-order chi connectivity index (χ1) is 11.2. The van der Waals surface area contributed by atoms with Crippen LogP contribution in [0.2, 0.25) is 0 Å². The van der Waals surface area contributed by atoms with Crippen LogP contribution in [0, 0.1) is 0 Å². The molecule has 0 radical (unpaired) electrons. The van der Waals surface area contributed by atoms with E-state index in [1.54, 1.807) is 0 Å². The fourth-order valence-corrected chi connectivity index (χ4v) is 2.98. The van der Waals surface area contributed by atoms with Gasteiger partial charge in [0.05, 0.1) is 22.6 Å². The van der Waals surface area contributed by atoms with E-state index in [1.807, 2.05) is 37.4 Å². The van der Waals surface area contributed by atoms with Crippen molar-refractivity contribution in [3.8, 4) is 0 Å². The lowest BCUT2D eigenvalue weighted by Crippen LogP contribution is -2.12. The van der Waals surface area contributed by atoms with E-state index in [9.17, 15) is 0 Å². The summed E-state index contributed by atoms with van der Waals surface area (Å²) in [4.78, 5) is 0. The quantitative estimate of drug-likeness (QED) is 0.679. The van der Waals surface area contributed by atoms with Crippen LogP contribution in [-0.4, -0.2) is 11.6 Å². The second kappa shape index (κ2) is 6.18. The summed E-state index contributed by atoms with van der Waals surface area (Å²) in [5.41, 5.74) is 18.1. The Balaban J connectivity index is 2.16. The van der Waals surface area contributed by atoms with Crippen molar-refractivity contribution in [2.24, 2.45) is 5.73 Å². The van der Waals surface area contributed by atoms with Gasteiger partial charge in [0.2, 0.25) is 0 Å². The SMILES string of the molecule is C=C(NC)c1c(N)c2ccccc2n1Cc1cccc(CN)c1. The van der Waals surface area contributed by atoms with Crippen LogP contribution >= 0.6 is 0 Å². The van der Waals surface area contributed by atoms with Gasteiger partial charge in [0.1, 0.15) is 0 Å². The summed E-state index contributed by atoms with van der Waals surface area (Å²) in [5.74, 6) is 0. The molecule has 0 aliphatic heterocycles. The molecule has 2 aromatic carbocycles. The van der Waals surface area contributed by atoms with Gasteiger partial charge in [0.15, 0.2) is 0 Å². The molecule has 23 heavy (non-hydrogen) atoms. The standard InChI is InChI=1S/C19H22N4/c1-13(22-2)19-18(21)16-8-3-4-9-17(16)23(19)12-15-7-5-6-14(10-15)11-20/h3-10,22H,1,11-12,20-21H2,2H3. The Morgan fingerprint density at radius 3 is 2.61 bits per heavy atom. The Morgan fingerprint density at radius 1 is 1.13 bits per heavy atom. The number of nitrogens with one attached hydrogen (secondary N) is 1. The van der Waals surface area contributed by atoms with Crippen molar-refractivity contribution in [3.63, 3.8) is 0 Å². The van der Waals surface area contributed by atoms with Gasteiger partial charge in [-0.05, 0) is 17.2 Å². The molecular weight excluding hydrogens is 284 g/mol. The Morgan fingerprint density at radius 2 is 1.87 bits per heavy atom. The lowest BCUT2D eigenvalue weighted by Gasteiger charge is -2.14. The normalized spacial score (nSPS) is 10.9. The van der Waals surface area contributed by atoms with Crippen LogP contribution in [-0.2, 0) is 13.1 Å². The minimum Gasteiger partial charge on any atom is -0.396 e. The van der Waals surface area contributed by atoms with E-state index in [1.165, 1.54) is 5.56 Å². The van der Waals surface area contributed by atoms with Crippen LogP contribution in [0.4, 0.5) is 5.69 Å². The number of nitrogen functional groups attached to an aromatic ring is 1. The molecule has 0 unspecified atom stereocenters. The molecule has 118 valence electrons. The van der Waals surface area contributed by atoms with E-state index in [-0.39, 0.29) is 0 Å². The summed E-state index contributed by atoms with van der Waals surface area (Å²) < 4.78 is 2.21. The lowest BCUT2D eigenvalue weighted by molar-refractivity contribution is 0.815. The molecule has 4 heteroatoms. The Hall–Kier alpha value is -2.72. The third-order valence-electron chi connectivity index (χ3n) is 4.17. The molecule has 5 N–H and O–H groups in total. The zero-order valence-electron chi connectivity index (χ0n) is 13.3. The first-order valence-corrected chi connectivity index (χ1v) is 7.67. The number of benzene rings is 2. The van der Waals surface area contributed by atoms with Gasteiger partial charge in [-0.3, -0.25) is 0 Å². The predicted molar refractivity (Wildman–Crippen MR) is 97.9 cm³/mol. The van der Waals surface area contributed by atoms with Crippen LogP contribution in [0.1, 0.15) is 16.8 Å². The Bertz CT molecular complexity index is 861. The second-order valence-electron chi connectivity index (χ2n) is 5.62. The maximum Gasteiger partial charge on any atom is 0.0883 e. The smallest absolute Gasteiger partial charge is 0.0883 e. The molecule has 0 fully saturated rings. The van der Waals surface area contributed by atoms with Gasteiger partial charge in [0.25, 0.3) is 0 Å². The highest BCUT2D eigenvalue weighted by Crippen LogP contribution is 2.32. The molecule has 3 rings (SSSR count). The molecule has 1 heterocycles. The molecule has 0 saturated heterocycles. The summed E-state index contributed by atoms with van der Waals surface area (Å²) in [5, 5.41) is 4.17. The van der Waals surface area contributed by atoms with Crippen LogP contribution in [0.3, 0.4) is 0 Å². The molecule has 3 aromatic rings. The first kappa shape index (κ1) is 15.2. The Kier molecular flexibility index (Phi) is 4.08. The number of hydrogen-bond donors (Lipinski definition) is 3. The van der Waals surface area contributed by atoms with Crippen molar-refractivity contribution in [2.75, 3.05) is 12.8 Å². The average Bonchev–Trinajstić information content (AvgIpc) is 2.87. The molecule has 1 aromatic heterocycles. The molecule has 0 amide bonds. The van der Waals surface area contributed by atoms with E-state index >= 15 is 0 Å². The number of nitrogens with two attached hydrogens (primary N) is 2. The number of fused-ring (bicyclic) bond motifs is 1. The van der Waals surface area contributed by atoms with E-state index in [0.717, 1.165) is 40.1 Å². The number of rotatable bonds is 5. The van der Waals surface area contributed by atoms with Gasteiger partial charge < -0.3 is 21.4 Å². The van der Waals surface area contributed by atoms with Gasteiger partial charge in [0, 0.05) is 25.5 Å². The van der Waals surface area contributed by atoms with E-state index in [0.29, 0.717) is 6.54 Å². The molecule has 0 bridgehead atoms. The lowest BCUT2D eigenvalue weighted by atomic mass is 10.1. The number of nitrogens with zero attached hydrogens (tertiary/aromatic N) is 1. The Labute approximate surface area is 136 Å². The highest BCUT2D eigenvalue weighted by atomic mass is 15.0. The fourth-order valence-electron chi connectivity index (χ4n) is 2.98. The van der Waals surface area contributed by atoms with Gasteiger partial charge in [-0.15, -0.1) is 0 Å². The van der Waals surface area contributed by atoms with Crippen molar-refractivity contribution in [1.82, 2.24) is 9.88 Å². The van der Waals surface area contributed by atoms with E-state index < -0.39 is 0 Å². The molecule has 0 aliphatic carbocycles. The maximum absolute atomic E-state index is 6.38. The number of aromatic nitrogens is 1. The minimum absolute atomic E-state index is 0.540. The highest BCUT2D eigenvalue weighted by molar-refractivity contribution is 5.98. The number of hydrogen-bond acceptors (Lipinski definition) is 3. The molecule has 0 spiro atoms. The van der Waals surface area contributed by atoms with Crippen molar-refractivity contribution in [2.45, 2.75) is 13.1 Å². The van der Waals surface area contributed by atoms with Crippen molar-refractivity contribution in [3.05, 3.63) is 71.9 Å². The van der Waals surface area contributed by atoms with Crippen molar-refractivity contribution < 1.29 is 0 Å². The molecular formula is C19H22N4. The summed E-state index contributed by atoms with van der Waals surface area (Å²) in [7, 11) is 1.86. The van der Waals surface area contributed by atoms with Crippen LogP contribution in [0.25, 0.3) is 16.6 Å². The maximum atomic E-state index is 6.38. The van der Waals surface area contributed by atoms with Crippen LogP contribution in [0.15, 0.2) is 55.1 Å². The van der Waals surface area contributed by atoms with Crippen molar-refractivity contribution >= 4 is 22.3 Å². The van der Waals surface area contributed by atoms with Gasteiger partial charge >= 0.3 is 0 Å². The molecule has 0 atom stereocenters. The van der Waals surface area contributed by atoms with E-state index in [2.05, 4.69) is 34.7 Å². The third kappa shape index (κ3) is 2.69. The van der Waals surface area contributed by atoms with Gasteiger partial charge in [-0.25, -0.2) is 0 Å². The van der Waals surface area contributed by atoms with E-state index in [4.69, 9.17) is 11.5 Å². The van der Waals surface area contributed by atoms with Crippen LogP contribution < -0.4 is 16.8 Å². The number of anilines is 1. The first-order valence-electron chi connectivity index (χ1n) is 7.67. The average molecular weight is 306 g/mol. The van der Waals surface area contributed by atoms with Gasteiger partial charge in [-0.2, -0.15) is 0 Å². The highest BCUT2D eigenvalue weighted by Gasteiger charge is 2.16. The monoisotopic (exact) mass is 306 g/mol. The fraction of sp³-hybridized carbons (Fsp3) is 0.158. The summed E-state index contributed by atoms with van der Waals surface area (Å²) in [6.07, 6.45) is 0. The van der Waals surface area contributed by atoms with Gasteiger partial charge in [-0.1, -0.05) is 49.0 Å². The molecule has 4 nitrogen and oxygen atoms in total. The van der Waals surface area contributed by atoms with Crippen molar-refractivity contribution in [1.29, 1.82) is 0 Å². The van der Waals surface area contributed by atoms with Crippen LogP contribution in [0.5, 0.6) is 0 Å². The molecule has 0 saturated carbocycles. The zero-order chi connectivity index (χ0) is 16.4. The predicted octanol–water partition coefficient (Wildman–Crippen LogP) is 2.92. The third-order valence-corrected chi connectivity index (χ3v) is 4.17.